The summed E-state index contributed by atoms with van der Waals surface area (Å²) in [6, 6.07) is 4.69. The number of benzene rings is 2. The molecule has 4 amide bonds. The van der Waals surface area contributed by atoms with Gasteiger partial charge in [0.25, 0.3) is 11.8 Å². The number of carbonyl (C=O) groups excluding carboxylic acids is 4. The average Bonchev–Trinajstić information content (AvgIpc) is 3.38. The van der Waals surface area contributed by atoms with Crippen molar-refractivity contribution >= 4 is 69.6 Å². The molecule has 0 radical (unpaired) electrons. The molecule has 1 saturated carbocycles. The first-order chi connectivity index (χ1) is 23.0. The van der Waals surface area contributed by atoms with Crippen molar-refractivity contribution in [2.45, 2.75) is 28.5 Å². The van der Waals surface area contributed by atoms with Crippen molar-refractivity contribution < 1.29 is 43.6 Å². The Balaban J connectivity index is 1.53. The zero-order chi connectivity index (χ0) is 36.1. The largest absolute Gasteiger partial charge is 0.502 e. The highest BCUT2D eigenvalue weighted by Gasteiger charge is 2.76. The molecular formula is C31H29Cl2N5O11. The van der Waals surface area contributed by atoms with Crippen LogP contribution in [0.25, 0.3) is 0 Å². The van der Waals surface area contributed by atoms with E-state index in [1.165, 1.54) is 52.4 Å². The molecule has 2 saturated heterocycles. The quantitative estimate of drug-likeness (QED) is 0.144. The Morgan fingerprint density at radius 1 is 0.918 bits per heavy atom. The number of nitro benzene ring substituents is 2. The lowest BCUT2D eigenvalue weighted by Crippen LogP contribution is -2.60. The molecule has 0 spiro atoms. The normalized spacial score (nSPS) is 28.9. The zero-order valence-electron chi connectivity index (χ0n) is 26.6. The number of hydrogen-bond acceptors (Lipinski definition) is 12. The number of hydrogen-bond donors (Lipinski definition) is 1. The van der Waals surface area contributed by atoms with Crippen LogP contribution in [0.4, 0.5) is 22.7 Å². The monoisotopic (exact) mass is 717 g/mol. The van der Waals surface area contributed by atoms with Gasteiger partial charge in [-0.05, 0) is 36.5 Å². The van der Waals surface area contributed by atoms with E-state index in [1.54, 1.807) is 6.08 Å². The van der Waals surface area contributed by atoms with E-state index in [-0.39, 0.29) is 47.0 Å². The van der Waals surface area contributed by atoms with Gasteiger partial charge in [0.05, 0.1) is 41.6 Å². The van der Waals surface area contributed by atoms with Gasteiger partial charge >= 0.3 is 11.4 Å². The molecule has 0 aromatic heterocycles. The lowest BCUT2D eigenvalue weighted by Gasteiger charge is -2.50. The number of likely N-dealkylation sites (tertiary alicyclic amines) is 1. The second-order valence-corrected chi connectivity index (χ2v) is 13.8. The van der Waals surface area contributed by atoms with Crippen molar-refractivity contribution in [3.05, 3.63) is 61.7 Å². The van der Waals surface area contributed by atoms with Gasteiger partial charge < -0.3 is 19.5 Å². The van der Waals surface area contributed by atoms with Gasteiger partial charge in [0.1, 0.15) is 0 Å². The first-order valence-electron chi connectivity index (χ1n) is 14.8. The Labute approximate surface area is 288 Å². The summed E-state index contributed by atoms with van der Waals surface area (Å²) in [4.78, 5) is 76.8. The topological polar surface area (TPSA) is 203 Å². The van der Waals surface area contributed by atoms with E-state index in [2.05, 4.69) is 0 Å². The number of alkyl halides is 2. The van der Waals surface area contributed by atoms with Crippen molar-refractivity contribution in [2.24, 2.45) is 17.8 Å². The highest BCUT2D eigenvalue weighted by atomic mass is 35.5. The molecule has 2 aromatic rings. The van der Waals surface area contributed by atoms with Gasteiger partial charge in [-0.1, -0.05) is 11.6 Å². The summed E-state index contributed by atoms with van der Waals surface area (Å²) >= 11 is 14.4. The molecule has 6 unspecified atom stereocenters. The Kier molecular flexibility index (Phi) is 7.82. The minimum atomic E-state index is -2.13. The van der Waals surface area contributed by atoms with E-state index in [0.29, 0.717) is 10.5 Å². The maximum atomic E-state index is 14.4. The lowest BCUT2D eigenvalue weighted by atomic mass is 9.56. The molecule has 2 aliphatic carbocycles. The van der Waals surface area contributed by atoms with Crippen molar-refractivity contribution in [1.29, 1.82) is 0 Å². The minimum absolute atomic E-state index is 0.0410. The van der Waals surface area contributed by atoms with Crippen molar-refractivity contribution in [1.82, 2.24) is 4.90 Å². The third-order valence-corrected chi connectivity index (χ3v) is 11.4. The Hall–Kier alpha value is -4.96. The fourth-order valence-electron chi connectivity index (χ4n) is 7.91. The molecule has 2 aromatic carbocycles. The maximum absolute atomic E-state index is 14.4. The molecule has 49 heavy (non-hydrogen) atoms. The van der Waals surface area contributed by atoms with E-state index in [1.807, 2.05) is 0 Å². The van der Waals surface area contributed by atoms with Crippen molar-refractivity contribution in [3.63, 3.8) is 0 Å². The summed E-state index contributed by atoms with van der Waals surface area (Å²) in [5.41, 5.74) is -1.40. The highest BCUT2D eigenvalue weighted by Crippen LogP contribution is 2.66. The van der Waals surface area contributed by atoms with E-state index >= 15 is 0 Å². The number of aromatic hydroxyl groups is 1. The lowest BCUT2D eigenvalue weighted by molar-refractivity contribution is -0.392. The molecular weight excluding hydrogens is 689 g/mol. The van der Waals surface area contributed by atoms with Crippen LogP contribution in [0.2, 0.25) is 0 Å². The number of phenols is 1. The first kappa shape index (κ1) is 33.9. The van der Waals surface area contributed by atoms with Crippen LogP contribution >= 0.6 is 23.2 Å². The Morgan fingerprint density at radius 3 is 1.96 bits per heavy atom. The van der Waals surface area contributed by atoms with Crippen LogP contribution in [0.3, 0.4) is 0 Å². The molecule has 0 bridgehead atoms. The van der Waals surface area contributed by atoms with Crippen molar-refractivity contribution in [3.8, 4) is 17.2 Å². The fourth-order valence-corrected chi connectivity index (χ4v) is 8.93. The molecule has 3 fully saturated rings. The van der Waals surface area contributed by atoms with Gasteiger partial charge in [0, 0.05) is 39.2 Å². The summed E-state index contributed by atoms with van der Waals surface area (Å²) in [7, 11) is 6.59. The average molecular weight is 719 g/mol. The molecule has 6 rings (SSSR count). The second-order valence-electron chi connectivity index (χ2n) is 12.5. The second kappa shape index (κ2) is 11.3. The minimum Gasteiger partial charge on any atom is -0.502 e. The molecule has 1 N–H and O–H groups in total. The van der Waals surface area contributed by atoms with Gasteiger partial charge in [-0.3, -0.25) is 44.3 Å². The number of rotatable bonds is 7. The number of ether oxygens (including phenoxy) is 2. The number of allylic oxidation sites excluding steroid dienone is 2. The predicted octanol–water partition coefficient (Wildman–Crippen LogP) is 3.49. The number of methoxy groups -OCH3 is 2. The predicted molar refractivity (Wildman–Crippen MR) is 173 cm³/mol. The summed E-state index contributed by atoms with van der Waals surface area (Å²) in [5.74, 6) is -8.02. The summed E-state index contributed by atoms with van der Waals surface area (Å²) in [6.07, 6.45) is 1.28. The third-order valence-electron chi connectivity index (χ3n) is 10.0. The van der Waals surface area contributed by atoms with Crippen LogP contribution < -0.4 is 19.3 Å². The number of carbonyl (C=O) groups is 4. The summed E-state index contributed by atoms with van der Waals surface area (Å²) in [6.45, 7) is 0. The van der Waals surface area contributed by atoms with Crippen LogP contribution in [0.1, 0.15) is 24.3 Å². The van der Waals surface area contributed by atoms with Crippen molar-refractivity contribution in [2.75, 3.05) is 45.2 Å². The van der Waals surface area contributed by atoms with E-state index in [4.69, 9.17) is 32.7 Å². The summed E-state index contributed by atoms with van der Waals surface area (Å²) < 4.78 is 10.7. The molecule has 6 atom stereocenters. The number of anilines is 2. The number of phenolic OH excluding ortho intramolecular Hbond substituents is 1. The number of nitrogens with zero attached hydrogens (tertiary/aromatic N) is 5. The molecule has 18 heteroatoms. The smallest absolute Gasteiger partial charge is 0.301 e. The van der Waals surface area contributed by atoms with Gasteiger partial charge in [-0.15, -0.1) is 23.2 Å². The van der Waals surface area contributed by atoms with Crippen LogP contribution in [0.5, 0.6) is 17.2 Å². The molecule has 16 nitrogen and oxygen atoms in total. The van der Waals surface area contributed by atoms with Crippen LogP contribution in [0.15, 0.2) is 35.9 Å². The molecule has 4 aliphatic rings. The SMILES string of the molecule is COc1cc(C2C3=CCC4C(=O)N(c5cc([N+](=O)[O-])c(N(C)C)c([N+](=O)[O-])c5)C(=O)C4C3CC3(Cl)C(=O)N(C)C(=O)C23Cl)cc(OC)c1O. The molecule has 2 heterocycles. The molecule has 2 aliphatic heterocycles. The van der Waals surface area contributed by atoms with Crippen LogP contribution in [-0.4, -0.2) is 88.6 Å². The van der Waals surface area contributed by atoms with E-state index in [0.717, 1.165) is 17.0 Å². The molecule has 258 valence electrons. The first-order valence-corrected chi connectivity index (χ1v) is 15.6. The third kappa shape index (κ3) is 4.42. The number of halogens is 2. The zero-order valence-corrected chi connectivity index (χ0v) is 28.1. The fraction of sp³-hybridized carbons (Fsp3) is 0.419. The highest BCUT2D eigenvalue weighted by molar-refractivity contribution is 6.53. The van der Waals surface area contributed by atoms with Gasteiger partial charge in [0.2, 0.25) is 17.6 Å². The number of nitro groups is 2. The van der Waals surface area contributed by atoms with Gasteiger partial charge in [-0.25, -0.2) is 4.90 Å². The van der Waals surface area contributed by atoms with Crippen LogP contribution in [-0.2, 0) is 19.2 Å². The van der Waals surface area contributed by atoms with E-state index in [9.17, 15) is 44.5 Å². The number of imide groups is 2. The van der Waals surface area contributed by atoms with Gasteiger partial charge in [0.15, 0.2) is 26.9 Å². The number of fused-ring (bicyclic) bond motifs is 4. The maximum Gasteiger partial charge on any atom is 0.301 e. The van der Waals surface area contributed by atoms with Gasteiger partial charge in [-0.2, -0.15) is 0 Å². The number of amides is 4. The Morgan fingerprint density at radius 2 is 1.47 bits per heavy atom. The van der Waals surface area contributed by atoms with E-state index < -0.39 is 78.3 Å². The standard InChI is InChI=1S/C31H29Cl2N5O11/c1-34(2)24-18(37(44)45)10-14(11-19(24)38(46)47)36-26(40)16-7-6-15-17(22(16)27(36)41)12-30(32)28(42)35(3)29(43)31(30,33)23(15)13-8-20(48-4)25(39)21(9-13)49-5/h6,8-11,16-17,22-23,39H,7,12H2,1-5H3. The van der Waals surface area contributed by atoms with Crippen LogP contribution in [0, 0.1) is 38.0 Å². The Bertz CT molecular complexity index is 1870. The summed E-state index contributed by atoms with van der Waals surface area (Å²) in [5, 5.41) is 34.7.